The van der Waals surface area contributed by atoms with Crippen LogP contribution in [0.2, 0.25) is 10.6 Å². The second-order valence-electron chi connectivity index (χ2n) is 2.89. The quantitative estimate of drug-likeness (QED) is 0.542. The Morgan fingerprint density at radius 3 is 2.50 bits per heavy atom. The van der Waals surface area contributed by atoms with Crippen molar-refractivity contribution in [3.63, 3.8) is 0 Å². The molecule has 0 aromatic carbocycles. The van der Waals surface area contributed by atoms with Crippen LogP contribution in [0.5, 0.6) is 0 Å². The first kappa shape index (κ1) is 8.11. The van der Waals surface area contributed by atoms with Gasteiger partial charge in [-0.3, -0.25) is 0 Å². The summed E-state index contributed by atoms with van der Waals surface area (Å²) < 4.78 is 1.77. The summed E-state index contributed by atoms with van der Waals surface area (Å²) in [5.74, 6) is 0. The lowest BCUT2D eigenvalue weighted by Crippen LogP contribution is -2.11. The number of allylic oxidation sites excluding steroid dienone is 4. The molecule has 1 aliphatic carbocycles. The predicted molar refractivity (Wildman–Crippen MR) is 48.6 cm³/mol. The molecule has 0 amide bonds. The third kappa shape index (κ3) is 1.75. The van der Waals surface area contributed by atoms with Gasteiger partial charge in [-0.05, 0) is 6.42 Å². The van der Waals surface area contributed by atoms with Gasteiger partial charge in [0.25, 0.3) is 14.1 Å². The van der Waals surface area contributed by atoms with E-state index in [2.05, 4.69) is 32.1 Å². The fourth-order valence-electron chi connectivity index (χ4n) is 1.58. The SMILES string of the molecule is C[CH2][Al]([CH2]C)[C]1=CC=CC1. The minimum atomic E-state index is -0.446. The maximum Gasteiger partial charge on any atom is 0.299 e. The Hall–Kier alpha value is 0.0125. The zero-order chi connectivity index (χ0) is 7.40. The van der Waals surface area contributed by atoms with Crippen molar-refractivity contribution in [2.24, 2.45) is 0 Å². The summed E-state index contributed by atoms with van der Waals surface area (Å²) in [6.45, 7) is 4.67. The lowest BCUT2D eigenvalue weighted by Gasteiger charge is -2.06. The largest absolute Gasteiger partial charge is 0.299 e. The topological polar surface area (TPSA) is 0 Å². The molecule has 0 spiro atoms. The highest BCUT2D eigenvalue weighted by atomic mass is 27.2. The molecule has 1 rings (SSSR count). The molecule has 54 valence electrons. The number of rotatable bonds is 3. The Morgan fingerprint density at radius 1 is 1.40 bits per heavy atom. The Kier molecular flexibility index (Phi) is 3.25. The summed E-state index contributed by atoms with van der Waals surface area (Å²) in [4.78, 5) is 0. The fraction of sp³-hybridized carbons (Fsp3) is 0.556. The maximum atomic E-state index is 2.34. The zero-order valence-electron chi connectivity index (χ0n) is 6.93. The summed E-state index contributed by atoms with van der Waals surface area (Å²) >= 11 is -0.446. The average molecular weight is 150 g/mol. The van der Waals surface area contributed by atoms with Crippen molar-refractivity contribution < 1.29 is 0 Å². The second-order valence-corrected chi connectivity index (χ2v) is 6.66. The Balaban J connectivity index is 2.47. The van der Waals surface area contributed by atoms with Gasteiger partial charge in [0.05, 0.1) is 0 Å². The van der Waals surface area contributed by atoms with Crippen LogP contribution in [0.4, 0.5) is 0 Å². The highest BCUT2D eigenvalue weighted by Crippen LogP contribution is 2.18. The molecular formula is C9H15Al. The van der Waals surface area contributed by atoms with E-state index in [4.69, 9.17) is 0 Å². The van der Waals surface area contributed by atoms with Gasteiger partial charge < -0.3 is 0 Å². The van der Waals surface area contributed by atoms with Gasteiger partial charge in [-0.25, -0.2) is 0 Å². The molecule has 1 heteroatoms. The van der Waals surface area contributed by atoms with E-state index in [-0.39, 0.29) is 0 Å². The monoisotopic (exact) mass is 150 g/mol. The first-order chi connectivity index (χ1) is 4.88. The van der Waals surface area contributed by atoms with Gasteiger partial charge in [-0.15, -0.1) is 4.44 Å². The molecule has 0 radical (unpaired) electrons. The molecule has 0 saturated heterocycles. The van der Waals surface area contributed by atoms with E-state index in [0.717, 1.165) is 0 Å². The lowest BCUT2D eigenvalue weighted by molar-refractivity contribution is 1.26. The first-order valence-electron chi connectivity index (χ1n) is 4.24. The Morgan fingerprint density at radius 2 is 2.10 bits per heavy atom. The summed E-state index contributed by atoms with van der Waals surface area (Å²) in [6.07, 6.45) is 8.09. The van der Waals surface area contributed by atoms with Gasteiger partial charge in [0.15, 0.2) is 0 Å². The van der Waals surface area contributed by atoms with E-state index in [1.165, 1.54) is 17.0 Å². The molecule has 0 aromatic heterocycles. The van der Waals surface area contributed by atoms with Crippen LogP contribution in [0.1, 0.15) is 20.3 Å². The van der Waals surface area contributed by atoms with Crippen LogP contribution >= 0.6 is 0 Å². The number of hydrogen-bond acceptors (Lipinski definition) is 0. The van der Waals surface area contributed by atoms with Crippen LogP contribution in [-0.4, -0.2) is 14.1 Å². The molecule has 0 unspecified atom stereocenters. The third-order valence-electron chi connectivity index (χ3n) is 2.31. The summed E-state index contributed by atoms with van der Waals surface area (Å²) in [7, 11) is 0. The molecular weight excluding hydrogens is 135 g/mol. The Bertz CT molecular complexity index is 152. The van der Waals surface area contributed by atoms with Crippen molar-refractivity contribution in [2.75, 3.05) is 0 Å². The normalized spacial score (nSPS) is 15.6. The zero-order valence-corrected chi connectivity index (χ0v) is 8.09. The van der Waals surface area contributed by atoms with Crippen LogP contribution in [0.3, 0.4) is 0 Å². The molecule has 0 aromatic rings. The van der Waals surface area contributed by atoms with Gasteiger partial charge in [-0.2, -0.15) is 0 Å². The maximum absolute atomic E-state index is 2.34. The molecule has 0 heterocycles. The highest BCUT2D eigenvalue weighted by Gasteiger charge is 2.17. The minimum Gasteiger partial charge on any atom is -0.127 e. The summed E-state index contributed by atoms with van der Waals surface area (Å²) in [5, 5.41) is 2.87. The van der Waals surface area contributed by atoms with Crippen LogP contribution in [0.25, 0.3) is 0 Å². The molecule has 0 nitrogen and oxygen atoms in total. The van der Waals surface area contributed by atoms with E-state index >= 15 is 0 Å². The second kappa shape index (κ2) is 4.01. The van der Waals surface area contributed by atoms with Crippen LogP contribution in [0.15, 0.2) is 22.7 Å². The lowest BCUT2D eigenvalue weighted by atomic mass is 10.5. The summed E-state index contributed by atoms with van der Waals surface area (Å²) in [5.41, 5.74) is 0. The fourth-order valence-corrected chi connectivity index (χ4v) is 4.06. The molecule has 10 heavy (non-hydrogen) atoms. The van der Waals surface area contributed by atoms with Crippen molar-refractivity contribution >= 4 is 14.1 Å². The van der Waals surface area contributed by atoms with Crippen LogP contribution in [-0.2, 0) is 0 Å². The smallest absolute Gasteiger partial charge is 0.127 e. The predicted octanol–water partition coefficient (Wildman–Crippen LogP) is 2.95. The molecule has 0 aliphatic heterocycles. The molecule has 0 saturated carbocycles. The third-order valence-corrected chi connectivity index (χ3v) is 5.76. The van der Waals surface area contributed by atoms with Gasteiger partial charge >= 0.3 is 0 Å². The Labute approximate surface area is 68.0 Å². The van der Waals surface area contributed by atoms with Crippen LogP contribution < -0.4 is 0 Å². The van der Waals surface area contributed by atoms with Gasteiger partial charge in [0.1, 0.15) is 0 Å². The van der Waals surface area contributed by atoms with E-state index in [1.54, 1.807) is 4.44 Å². The highest BCUT2D eigenvalue weighted by molar-refractivity contribution is 6.66. The average Bonchev–Trinajstić information content (AvgIpc) is 2.43. The first-order valence-corrected chi connectivity index (χ1v) is 6.45. The molecule has 0 atom stereocenters. The van der Waals surface area contributed by atoms with Crippen LogP contribution in [0, 0.1) is 0 Å². The van der Waals surface area contributed by atoms with E-state index in [1.807, 2.05) is 0 Å². The molecule has 0 N–H and O–H groups in total. The standard InChI is InChI=1S/C5H5.2C2H5.Al/c1-2-4-5-3-1;2*1-2;/h1-3H,4H2;2*1H2,2H3;. The molecule has 0 fully saturated rings. The van der Waals surface area contributed by atoms with E-state index < -0.39 is 14.1 Å². The van der Waals surface area contributed by atoms with Crippen molar-refractivity contribution in [1.82, 2.24) is 0 Å². The molecule has 0 bridgehead atoms. The van der Waals surface area contributed by atoms with Crippen molar-refractivity contribution in [3.8, 4) is 0 Å². The van der Waals surface area contributed by atoms with Gasteiger partial charge in [-0.1, -0.05) is 42.6 Å². The van der Waals surface area contributed by atoms with Crippen molar-refractivity contribution in [1.29, 1.82) is 0 Å². The molecule has 1 aliphatic rings. The van der Waals surface area contributed by atoms with Gasteiger partial charge in [0, 0.05) is 0 Å². The van der Waals surface area contributed by atoms with E-state index in [0.29, 0.717) is 0 Å². The summed E-state index contributed by atoms with van der Waals surface area (Å²) in [6, 6.07) is 0. The number of hydrogen-bond donors (Lipinski definition) is 0. The van der Waals surface area contributed by atoms with E-state index in [9.17, 15) is 0 Å². The van der Waals surface area contributed by atoms with Crippen molar-refractivity contribution in [3.05, 3.63) is 22.7 Å². The van der Waals surface area contributed by atoms with Crippen molar-refractivity contribution in [2.45, 2.75) is 30.8 Å². The minimum absolute atomic E-state index is 0.446. The van der Waals surface area contributed by atoms with Gasteiger partial charge in [0.2, 0.25) is 0 Å².